The first-order valence-corrected chi connectivity index (χ1v) is 16.4. The summed E-state index contributed by atoms with van der Waals surface area (Å²) in [5.41, 5.74) is 3.70. The number of hydrogen-bond acceptors (Lipinski definition) is 9. The van der Waals surface area contributed by atoms with Gasteiger partial charge in [0.25, 0.3) is 0 Å². The Morgan fingerprint density at radius 1 is 0.614 bits per heavy atom. The molecule has 0 atom stereocenters. The molecule has 2 aliphatic rings. The van der Waals surface area contributed by atoms with Crippen molar-refractivity contribution in [3.8, 4) is 0 Å². The fraction of sp³-hybridized carbons (Fsp3) is 0.571. The highest BCUT2D eigenvalue weighted by Gasteiger charge is 2.19. The second-order valence-corrected chi connectivity index (χ2v) is 11.9. The van der Waals surface area contributed by atoms with Crippen molar-refractivity contribution >= 4 is 29.1 Å². The van der Waals surface area contributed by atoms with Crippen LogP contribution in [0.2, 0.25) is 0 Å². The molecule has 9 heteroatoms. The fourth-order valence-electron chi connectivity index (χ4n) is 5.64. The van der Waals surface area contributed by atoms with Crippen LogP contribution in [0.4, 0.5) is 11.4 Å². The van der Waals surface area contributed by atoms with E-state index in [4.69, 9.17) is 9.47 Å². The lowest BCUT2D eigenvalue weighted by Crippen LogP contribution is -2.47. The lowest BCUT2D eigenvalue weighted by molar-refractivity contribution is -0.145. The highest BCUT2D eigenvalue weighted by molar-refractivity contribution is 6.09. The minimum absolute atomic E-state index is 0.0447. The normalized spacial score (nSPS) is 16.1. The molecule has 0 aromatic heterocycles. The molecule has 2 saturated heterocycles. The molecule has 0 unspecified atom stereocenters. The molecule has 2 aliphatic heterocycles. The van der Waals surface area contributed by atoms with E-state index in [1.165, 1.54) is 5.69 Å². The van der Waals surface area contributed by atoms with Crippen LogP contribution in [0.3, 0.4) is 0 Å². The maximum atomic E-state index is 13.1. The first-order chi connectivity index (χ1) is 21.4. The molecule has 2 aromatic carbocycles. The summed E-state index contributed by atoms with van der Waals surface area (Å²) >= 11 is 0. The van der Waals surface area contributed by atoms with Crippen molar-refractivity contribution in [2.75, 3.05) is 89.0 Å². The van der Waals surface area contributed by atoms with Gasteiger partial charge in [-0.1, -0.05) is 6.92 Å². The molecule has 0 N–H and O–H groups in total. The Hall–Kier alpha value is -3.43. The van der Waals surface area contributed by atoms with Crippen molar-refractivity contribution in [1.82, 2.24) is 9.80 Å². The number of hydrogen-bond donors (Lipinski definition) is 0. The fourth-order valence-corrected chi connectivity index (χ4v) is 5.64. The number of likely N-dealkylation sites (N-methyl/N-ethyl adjacent to an activating group) is 1. The largest absolute Gasteiger partial charge is 0.466 e. The molecule has 240 valence electrons. The summed E-state index contributed by atoms with van der Waals surface area (Å²) in [4.78, 5) is 46.0. The van der Waals surface area contributed by atoms with E-state index in [9.17, 15) is 14.4 Å². The van der Waals surface area contributed by atoms with Crippen LogP contribution in [0.5, 0.6) is 0 Å². The van der Waals surface area contributed by atoms with Crippen LogP contribution in [-0.2, 0) is 19.1 Å². The highest BCUT2D eigenvalue weighted by Crippen LogP contribution is 2.22. The Balaban J connectivity index is 1.09. The molecule has 2 heterocycles. The van der Waals surface area contributed by atoms with E-state index in [0.29, 0.717) is 43.7 Å². The Kier molecular flexibility index (Phi) is 13.5. The maximum absolute atomic E-state index is 13.1. The third-order valence-electron chi connectivity index (χ3n) is 8.52. The van der Waals surface area contributed by atoms with E-state index in [0.717, 1.165) is 90.1 Å². The zero-order chi connectivity index (χ0) is 31.1. The van der Waals surface area contributed by atoms with E-state index in [1.807, 2.05) is 43.3 Å². The molecule has 0 spiro atoms. The average Bonchev–Trinajstić information content (AvgIpc) is 3.05. The number of ether oxygens (including phenoxy) is 2. The number of carbonyl (C=O) groups excluding carboxylic acids is 3. The molecule has 2 fully saturated rings. The molecule has 9 nitrogen and oxygen atoms in total. The van der Waals surface area contributed by atoms with Crippen molar-refractivity contribution in [1.29, 1.82) is 0 Å². The van der Waals surface area contributed by atoms with Crippen molar-refractivity contribution in [3.63, 3.8) is 0 Å². The number of ketones is 1. The molecule has 0 amide bonds. The van der Waals surface area contributed by atoms with E-state index in [1.54, 1.807) is 0 Å². The number of unbranched alkanes of at least 4 members (excludes halogenated alkanes) is 3. The maximum Gasteiger partial charge on any atom is 0.307 e. The summed E-state index contributed by atoms with van der Waals surface area (Å²) in [7, 11) is 2.15. The molecule has 4 rings (SSSR count). The lowest BCUT2D eigenvalue weighted by atomic mass is 10.0. The molecular weight excluding hydrogens is 556 g/mol. The van der Waals surface area contributed by atoms with Crippen LogP contribution in [0.1, 0.15) is 67.8 Å². The van der Waals surface area contributed by atoms with Crippen LogP contribution in [-0.4, -0.2) is 107 Å². The topological polar surface area (TPSA) is 82.6 Å². The van der Waals surface area contributed by atoms with Gasteiger partial charge in [0, 0.05) is 87.8 Å². The summed E-state index contributed by atoms with van der Waals surface area (Å²) in [5.74, 6) is -0.220. The van der Waals surface area contributed by atoms with Gasteiger partial charge in [0.15, 0.2) is 5.78 Å². The summed E-state index contributed by atoms with van der Waals surface area (Å²) < 4.78 is 10.6. The Bertz CT molecular complexity index is 1170. The number of anilines is 2. The number of nitrogens with zero attached hydrogens (tertiary/aromatic N) is 4. The van der Waals surface area contributed by atoms with Gasteiger partial charge in [0.1, 0.15) is 0 Å². The Morgan fingerprint density at radius 3 is 1.55 bits per heavy atom. The molecule has 0 bridgehead atoms. The highest BCUT2D eigenvalue weighted by atomic mass is 16.5. The van der Waals surface area contributed by atoms with Gasteiger partial charge in [-0.2, -0.15) is 0 Å². The van der Waals surface area contributed by atoms with E-state index in [-0.39, 0.29) is 17.7 Å². The zero-order valence-corrected chi connectivity index (χ0v) is 26.7. The molecule has 0 saturated carbocycles. The number of esters is 2. The van der Waals surface area contributed by atoms with Gasteiger partial charge in [-0.25, -0.2) is 0 Å². The first kappa shape index (κ1) is 33.5. The van der Waals surface area contributed by atoms with Crippen LogP contribution in [0, 0.1) is 0 Å². The van der Waals surface area contributed by atoms with Crippen LogP contribution < -0.4 is 9.80 Å². The second-order valence-electron chi connectivity index (χ2n) is 11.9. The van der Waals surface area contributed by atoms with Crippen LogP contribution >= 0.6 is 0 Å². The number of carbonyl (C=O) groups is 3. The Morgan fingerprint density at radius 2 is 1.07 bits per heavy atom. The predicted molar refractivity (Wildman–Crippen MR) is 175 cm³/mol. The Labute approximate surface area is 263 Å². The third kappa shape index (κ3) is 10.6. The average molecular weight is 607 g/mol. The standard InChI is InChI=1S/C35H50N4O5/c1-3-8-33(40)43-27-6-4-5-7-28-44-34(41)17-18-37-21-25-39(26-22-37)32-15-11-30(12-16-32)35(42)29-9-13-31(14-10-29)38-23-19-36(2)20-24-38/h9-16H,3-8,17-28H2,1-2H3. The molecule has 44 heavy (non-hydrogen) atoms. The van der Waals surface area contributed by atoms with E-state index in [2.05, 4.69) is 38.8 Å². The molecule has 0 aliphatic carbocycles. The van der Waals surface area contributed by atoms with E-state index >= 15 is 0 Å². The van der Waals surface area contributed by atoms with Crippen molar-refractivity contribution in [2.45, 2.75) is 51.9 Å². The summed E-state index contributed by atoms with van der Waals surface area (Å²) in [6.07, 6.45) is 5.31. The third-order valence-corrected chi connectivity index (χ3v) is 8.52. The van der Waals surface area contributed by atoms with Gasteiger partial charge in [0.05, 0.1) is 19.6 Å². The SMILES string of the molecule is CCCC(=O)OCCCCCCOC(=O)CCN1CCN(c2ccc(C(=O)c3ccc(N4CCN(C)CC4)cc3)cc2)CC1. The lowest BCUT2D eigenvalue weighted by Gasteiger charge is -2.36. The minimum atomic E-state index is -0.143. The van der Waals surface area contributed by atoms with Crippen molar-refractivity contribution in [3.05, 3.63) is 59.7 Å². The van der Waals surface area contributed by atoms with Gasteiger partial charge in [-0.15, -0.1) is 0 Å². The quantitative estimate of drug-likeness (QED) is 0.154. The monoisotopic (exact) mass is 606 g/mol. The van der Waals surface area contributed by atoms with Gasteiger partial charge in [-0.3, -0.25) is 19.3 Å². The van der Waals surface area contributed by atoms with Crippen LogP contribution in [0.25, 0.3) is 0 Å². The number of rotatable bonds is 16. The van der Waals surface area contributed by atoms with Gasteiger partial charge >= 0.3 is 11.9 Å². The van der Waals surface area contributed by atoms with Crippen LogP contribution in [0.15, 0.2) is 48.5 Å². The van der Waals surface area contributed by atoms with E-state index < -0.39 is 0 Å². The minimum Gasteiger partial charge on any atom is -0.466 e. The summed E-state index contributed by atoms with van der Waals surface area (Å²) in [6, 6.07) is 15.9. The van der Waals surface area contributed by atoms with Gasteiger partial charge < -0.3 is 24.2 Å². The number of piperazine rings is 2. The number of benzene rings is 2. The molecule has 2 aromatic rings. The molecular formula is C35H50N4O5. The summed E-state index contributed by atoms with van der Waals surface area (Å²) in [5, 5.41) is 0. The van der Waals surface area contributed by atoms with Gasteiger partial charge in [-0.05, 0) is 87.7 Å². The molecule has 0 radical (unpaired) electrons. The second kappa shape index (κ2) is 17.8. The van der Waals surface area contributed by atoms with Crippen molar-refractivity contribution < 1.29 is 23.9 Å². The zero-order valence-electron chi connectivity index (χ0n) is 26.7. The summed E-state index contributed by atoms with van der Waals surface area (Å²) in [6.45, 7) is 11.3. The first-order valence-electron chi connectivity index (χ1n) is 16.4. The van der Waals surface area contributed by atoms with Gasteiger partial charge in [0.2, 0.25) is 0 Å². The van der Waals surface area contributed by atoms with Crippen molar-refractivity contribution in [2.24, 2.45) is 0 Å². The predicted octanol–water partition coefficient (Wildman–Crippen LogP) is 4.63. The smallest absolute Gasteiger partial charge is 0.307 e.